The maximum Gasteiger partial charge on any atom is 0.241 e. The van der Waals surface area contributed by atoms with E-state index < -0.39 is 10.0 Å². The predicted octanol–water partition coefficient (Wildman–Crippen LogP) is 3.07. The van der Waals surface area contributed by atoms with Crippen LogP contribution in [0.5, 0.6) is 0 Å². The summed E-state index contributed by atoms with van der Waals surface area (Å²) in [6.45, 7) is 9.75. The Balaban J connectivity index is 1.93. The number of amides is 1. The minimum absolute atomic E-state index is 0.0329. The first kappa shape index (κ1) is 22.7. The SMILES string of the molecule is Cc1c(C)c(C)c(S(=O)(=O)NCCC(=O)NCC#Cc2ccccc2)c(C)c1C. The molecule has 0 aliphatic rings. The molecule has 29 heavy (non-hydrogen) atoms. The molecule has 5 nitrogen and oxygen atoms in total. The molecule has 2 aromatic carbocycles. The van der Waals surface area contributed by atoms with Gasteiger partial charge in [0.2, 0.25) is 15.9 Å². The molecule has 0 saturated carbocycles. The minimum Gasteiger partial charge on any atom is -0.345 e. The van der Waals surface area contributed by atoms with Crippen LogP contribution in [-0.2, 0) is 14.8 Å². The van der Waals surface area contributed by atoms with Gasteiger partial charge in [-0.25, -0.2) is 13.1 Å². The van der Waals surface area contributed by atoms with E-state index in [9.17, 15) is 13.2 Å². The number of hydrogen-bond acceptors (Lipinski definition) is 3. The molecule has 0 aliphatic heterocycles. The Morgan fingerprint density at radius 3 is 2.03 bits per heavy atom. The first-order chi connectivity index (χ1) is 13.6. The molecule has 1 amide bonds. The third-order valence-electron chi connectivity index (χ3n) is 5.22. The summed E-state index contributed by atoms with van der Waals surface area (Å²) in [6.07, 6.45) is 0.0498. The lowest BCUT2D eigenvalue weighted by atomic mass is 9.95. The highest BCUT2D eigenvalue weighted by molar-refractivity contribution is 7.89. The fourth-order valence-corrected chi connectivity index (χ4v) is 4.77. The van der Waals surface area contributed by atoms with Gasteiger partial charge in [0.25, 0.3) is 0 Å². The molecule has 0 atom stereocenters. The molecule has 0 unspecified atom stereocenters. The molecule has 2 rings (SSSR count). The summed E-state index contributed by atoms with van der Waals surface area (Å²) in [7, 11) is -3.70. The fourth-order valence-electron chi connectivity index (χ4n) is 3.14. The molecule has 0 heterocycles. The van der Waals surface area contributed by atoms with Gasteiger partial charge in [0.1, 0.15) is 0 Å². The van der Waals surface area contributed by atoms with E-state index in [1.807, 2.05) is 65.0 Å². The van der Waals surface area contributed by atoms with E-state index in [0.29, 0.717) is 4.90 Å². The van der Waals surface area contributed by atoms with Crippen molar-refractivity contribution in [1.82, 2.24) is 10.0 Å². The average Bonchev–Trinajstić information content (AvgIpc) is 2.69. The monoisotopic (exact) mass is 412 g/mol. The van der Waals surface area contributed by atoms with Crippen molar-refractivity contribution in [3.8, 4) is 11.8 Å². The van der Waals surface area contributed by atoms with Crippen LogP contribution in [0, 0.1) is 46.5 Å². The van der Waals surface area contributed by atoms with Gasteiger partial charge in [-0.15, -0.1) is 0 Å². The van der Waals surface area contributed by atoms with Crippen molar-refractivity contribution in [2.75, 3.05) is 13.1 Å². The number of carbonyl (C=O) groups is 1. The zero-order valence-corrected chi connectivity index (χ0v) is 18.5. The summed E-state index contributed by atoms with van der Waals surface area (Å²) in [5, 5.41) is 2.68. The van der Waals surface area contributed by atoms with E-state index in [0.717, 1.165) is 33.4 Å². The van der Waals surface area contributed by atoms with Crippen molar-refractivity contribution < 1.29 is 13.2 Å². The largest absolute Gasteiger partial charge is 0.345 e. The van der Waals surface area contributed by atoms with Crippen molar-refractivity contribution in [2.24, 2.45) is 0 Å². The molecule has 0 spiro atoms. The molecule has 0 saturated heterocycles. The van der Waals surface area contributed by atoms with Crippen LogP contribution in [0.4, 0.5) is 0 Å². The minimum atomic E-state index is -3.70. The molecule has 0 bridgehead atoms. The first-order valence-electron chi connectivity index (χ1n) is 9.52. The Kier molecular flexibility index (Phi) is 7.60. The lowest BCUT2D eigenvalue weighted by Crippen LogP contribution is -2.31. The third-order valence-corrected chi connectivity index (χ3v) is 6.96. The van der Waals surface area contributed by atoms with E-state index in [2.05, 4.69) is 21.9 Å². The van der Waals surface area contributed by atoms with Crippen molar-refractivity contribution in [1.29, 1.82) is 0 Å². The average molecular weight is 413 g/mol. The highest BCUT2D eigenvalue weighted by Crippen LogP contribution is 2.29. The maximum absolute atomic E-state index is 12.8. The Labute approximate surface area is 174 Å². The number of hydrogen-bond donors (Lipinski definition) is 2. The molecule has 0 aromatic heterocycles. The van der Waals surface area contributed by atoms with E-state index in [1.165, 1.54) is 0 Å². The number of carbonyl (C=O) groups excluding carboxylic acids is 1. The Morgan fingerprint density at radius 2 is 1.45 bits per heavy atom. The summed E-state index contributed by atoms with van der Waals surface area (Å²) in [5.41, 5.74) is 5.43. The second-order valence-electron chi connectivity index (χ2n) is 7.05. The second kappa shape index (κ2) is 9.73. The Bertz CT molecular complexity index is 1030. The van der Waals surface area contributed by atoms with Gasteiger partial charge in [0, 0.05) is 18.5 Å². The van der Waals surface area contributed by atoms with Crippen LogP contribution < -0.4 is 10.0 Å². The van der Waals surface area contributed by atoms with E-state index in [4.69, 9.17) is 0 Å². The van der Waals surface area contributed by atoms with E-state index in [1.54, 1.807) is 0 Å². The van der Waals surface area contributed by atoms with Crippen LogP contribution in [0.25, 0.3) is 0 Å². The van der Waals surface area contributed by atoms with E-state index >= 15 is 0 Å². The summed E-state index contributed by atoms with van der Waals surface area (Å²) in [6, 6.07) is 9.49. The topological polar surface area (TPSA) is 75.3 Å². The zero-order chi connectivity index (χ0) is 21.6. The summed E-state index contributed by atoms with van der Waals surface area (Å²) >= 11 is 0. The number of rotatable bonds is 6. The molecular formula is C23H28N2O3S. The molecule has 2 aromatic rings. The standard InChI is InChI=1S/C23H28N2O3S/c1-16-17(2)19(4)23(20(5)18(16)3)29(27,28)25-15-13-22(26)24-14-9-12-21-10-7-6-8-11-21/h6-8,10-11,25H,13-15H2,1-5H3,(H,24,26). The van der Waals surface area contributed by atoms with Gasteiger partial charge in [-0.2, -0.15) is 0 Å². The smallest absolute Gasteiger partial charge is 0.241 e. The summed E-state index contributed by atoms with van der Waals surface area (Å²) in [4.78, 5) is 12.3. The van der Waals surface area contributed by atoms with Crippen LogP contribution in [-0.4, -0.2) is 27.4 Å². The first-order valence-corrected chi connectivity index (χ1v) is 11.0. The molecule has 0 fully saturated rings. The second-order valence-corrected chi connectivity index (χ2v) is 8.75. The summed E-state index contributed by atoms with van der Waals surface area (Å²) in [5.74, 6) is 5.58. The Hall–Kier alpha value is -2.62. The molecule has 0 aliphatic carbocycles. The quantitative estimate of drug-likeness (QED) is 0.716. The zero-order valence-electron chi connectivity index (χ0n) is 17.6. The van der Waals surface area contributed by atoms with Gasteiger partial charge >= 0.3 is 0 Å². The highest BCUT2D eigenvalue weighted by atomic mass is 32.2. The van der Waals surface area contributed by atoms with Gasteiger partial charge in [0.15, 0.2) is 0 Å². The van der Waals surface area contributed by atoms with Gasteiger partial charge in [0.05, 0.1) is 11.4 Å². The molecule has 154 valence electrons. The number of nitrogens with one attached hydrogen (secondary N) is 2. The van der Waals surface area contributed by atoms with Crippen molar-refractivity contribution in [2.45, 2.75) is 45.9 Å². The molecule has 0 radical (unpaired) electrons. The van der Waals surface area contributed by atoms with Gasteiger partial charge in [-0.05, 0) is 74.6 Å². The van der Waals surface area contributed by atoms with Crippen LogP contribution in [0.3, 0.4) is 0 Å². The van der Waals surface area contributed by atoms with Crippen LogP contribution in [0.15, 0.2) is 35.2 Å². The van der Waals surface area contributed by atoms with Crippen LogP contribution >= 0.6 is 0 Å². The van der Waals surface area contributed by atoms with Gasteiger partial charge < -0.3 is 5.32 Å². The number of sulfonamides is 1. The normalized spacial score (nSPS) is 10.9. The molecule has 2 N–H and O–H groups in total. The van der Waals surface area contributed by atoms with Crippen LogP contribution in [0.1, 0.15) is 39.8 Å². The third kappa shape index (κ3) is 5.69. The predicted molar refractivity (Wildman–Crippen MR) is 116 cm³/mol. The van der Waals surface area contributed by atoms with Crippen LogP contribution in [0.2, 0.25) is 0 Å². The highest BCUT2D eigenvalue weighted by Gasteiger charge is 2.23. The van der Waals surface area contributed by atoms with E-state index in [-0.39, 0.29) is 25.4 Å². The molecule has 6 heteroatoms. The Morgan fingerprint density at radius 1 is 0.897 bits per heavy atom. The van der Waals surface area contributed by atoms with Gasteiger partial charge in [-0.3, -0.25) is 4.79 Å². The molecular weight excluding hydrogens is 384 g/mol. The van der Waals surface area contributed by atoms with Gasteiger partial charge in [-0.1, -0.05) is 30.0 Å². The lowest BCUT2D eigenvalue weighted by molar-refractivity contribution is -0.120. The van der Waals surface area contributed by atoms with Crippen molar-refractivity contribution in [3.63, 3.8) is 0 Å². The lowest BCUT2D eigenvalue weighted by Gasteiger charge is -2.19. The van der Waals surface area contributed by atoms with Crippen molar-refractivity contribution in [3.05, 3.63) is 63.7 Å². The summed E-state index contributed by atoms with van der Waals surface area (Å²) < 4.78 is 28.2. The number of benzene rings is 2. The van der Waals surface area contributed by atoms with Crippen molar-refractivity contribution >= 4 is 15.9 Å². The maximum atomic E-state index is 12.8. The fraction of sp³-hybridized carbons (Fsp3) is 0.348.